The largest absolute Gasteiger partial charge is 0.465 e. The van der Waals surface area contributed by atoms with E-state index in [0.29, 0.717) is 12.1 Å². The van der Waals surface area contributed by atoms with Crippen molar-refractivity contribution in [1.29, 1.82) is 0 Å². The van der Waals surface area contributed by atoms with E-state index in [2.05, 4.69) is 4.72 Å². The van der Waals surface area contributed by atoms with E-state index in [4.69, 9.17) is 10.5 Å². The highest BCUT2D eigenvalue weighted by atomic mass is 35.5. The number of hydrogen-bond donors (Lipinski definition) is 2. The Morgan fingerprint density at radius 2 is 2.00 bits per heavy atom. The molecule has 136 valence electrons. The Morgan fingerprint density at radius 3 is 2.62 bits per heavy atom. The molecule has 2 rings (SSSR count). The summed E-state index contributed by atoms with van der Waals surface area (Å²) in [5, 5.41) is 0. The zero-order valence-electron chi connectivity index (χ0n) is 13.9. The monoisotopic (exact) mass is 376 g/mol. The maximum Gasteiger partial charge on any atom is 0.338 e. The standard InChI is InChI=1S/C16H24N2O4S.ClH/c1-11-7-8-13(9-14(11)16(19)22-2)23(20,21)18-15-6-4-3-5-12(15)10-17;/h7-9,12,15,18H,3-6,10,17H2,1-2H3;1H. The summed E-state index contributed by atoms with van der Waals surface area (Å²) < 4.78 is 32.7. The number of nitrogens with two attached hydrogens (primary N) is 1. The summed E-state index contributed by atoms with van der Waals surface area (Å²) in [5.41, 5.74) is 6.69. The van der Waals surface area contributed by atoms with E-state index >= 15 is 0 Å². The molecule has 0 spiro atoms. The molecule has 0 saturated heterocycles. The molecule has 0 radical (unpaired) electrons. The van der Waals surface area contributed by atoms with Crippen molar-refractivity contribution in [3.8, 4) is 0 Å². The third-order valence-corrected chi connectivity index (χ3v) is 5.93. The van der Waals surface area contributed by atoms with Crippen molar-refractivity contribution >= 4 is 28.4 Å². The highest BCUT2D eigenvalue weighted by molar-refractivity contribution is 7.89. The van der Waals surface area contributed by atoms with Gasteiger partial charge in [-0.15, -0.1) is 12.4 Å². The number of esters is 1. The van der Waals surface area contributed by atoms with Crippen molar-refractivity contribution in [3.05, 3.63) is 29.3 Å². The number of aryl methyl sites for hydroxylation is 1. The van der Waals surface area contributed by atoms with Gasteiger partial charge in [0.25, 0.3) is 0 Å². The summed E-state index contributed by atoms with van der Waals surface area (Å²) in [6, 6.07) is 4.33. The van der Waals surface area contributed by atoms with Crippen molar-refractivity contribution in [2.24, 2.45) is 11.7 Å². The number of carbonyl (C=O) groups is 1. The Morgan fingerprint density at radius 1 is 1.33 bits per heavy atom. The first kappa shape index (κ1) is 20.9. The second-order valence-corrected chi connectivity index (χ2v) is 7.69. The van der Waals surface area contributed by atoms with Crippen molar-refractivity contribution in [1.82, 2.24) is 4.72 Å². The minimum absolute atomic E-state index is 0. The minimum atomic E-state index is -3.70. The van der Waals surface area contributed by atoms with Crippen LogP contribution in [0.25, 0.3) is 0 Å². The van der Waals surface area contributed by atoms with Gasteiger partial charge >= 0.3 is 5.97 Å². The molecule has 0 bridgehead atoms. The van der Waals surface area contributed by atoms with Crippen molar-refractivity contribution < 1.29 is 17.9 Å². The summed E-state index contributed by atoms with van der Waals surface area (Å²) >= 11 is 0. The summed E-state index contributed by atoms with van der Waals surface area (Å²) in [6.45, 7) is 2.20. The predicted octanol–water partition coefficient (Wildman–Crippen LogP) is 2.00. The molecule has 2 unspecified atom stereocenters. The molecule has 1 fully saturated rings. The van der Waals surface area contributed by atoms with Crippen LogP contribution >= 0.6 is 12.4 Å². The molecule has 6 nitrogen and oxygen atoms in total. The summed E-state index contributed by atoms with van der Waals surface area (Å²) in [5.74, 6) is -0.388. The third-order valence-electron chi connectivity index (χ3n) is 4.44. The fourth-order valence-corrected chi connectivity index (χ4v) is 4.38. The maximum atomic E-state index is 12.6. The number of methoxy groups -OCH3 is 1. The van der Waals surface area contributed by atoms with Gasteiger partial charge in [0.05, 0.1) is 17.6 Å². The topological polar surface area (TPSA) is 98.5 Å². The van der Waals surface area contributed by atoms with E-state index in [1.54, 1.807) is 13.0 Å². The molecule has 3 N–H and O–H groups in total. The lowest BCUT2D eigenvalue weighted by atomic mass is 9.85. The Hall–Kier alpha value is -1.15. The normalized spacial score (nSPS) is 21.0. The Kier molecular flexibility index (Phi) is 7.66. The molecular weight excluding hydrogens is 352 g/mol. The van der Waals surface area contributed by atoms with Gasteiger partial charge in [0.2, 0.25) is 10.0 Å². The molecule has 0 aliphatic heterocycles. The van der Waals surface area contributed by atoms with Gasteiger partial charge in [-0.1, -0.05) is 18.9 Å². The van der Waals surface area contributed by atoms with E-state index < -0.39 is 16.0 Å². The van der Waals surface area contributed by atoms with E-state index in [0.717, 1.165) is 25.7 Å². The molecule has 0 amide bonds. The van der Waals surface area contributed by atoms with Crippen molar-refractivity contribution in [2.45, 2.75) is 43.5 Å². The van der Waals surface area contributed by atoms with Gasteiger partial charge in [0, 0.05) is 6.04 Å². The van der Waals surface area contributed by atoms with E-state index in [1.807, 2.05) is 0 Å². The van der Waals surface area contributed by atoms with Crippen molar-refractivity contribution in [2.75, 3.05) is 13.7 Å². The van der Waals surface area contributed by atoms with Crippen LogP contribution in [-0.4, -0.2) is 34.1 Å². The van der Waals surface area contributed by atoms with E-state index in [9.17, 15) is 13.2 Å². The van der Waals surface area contributed by atoms with Crippen LogP contribution in [0.5, 0.6) is 0 Å². The smallest absolute Gasteiger partial charge is 0.338 e. The Labute approximate surface area is 149 Å². The number of nitrogens with one attached hydrogen (secondary N) is 1. The van der Waals surface area contributed by atoms with Crippen LogP contribution < -0.4 is 10.5 Å². The fourth-order valence-electron chi connectivity index (χ4n) is 3.01. The first-order chi connectivity index (χ1) is 10.9. The van der Waals surface area contributed by atoms with Crippen LogP contribution in [0.3, 0.4) is 0 Å². The molecule has 1 saturated carbocycles. The van der Waals surface area contributed by atoms with Gasteiger partial charge < -0.3 is 10.5 Å². The quantitative estimate of drug-likeness (QED) is 0.766. The lowest BCUT2D eigenvalue weighted by molar-refractivity contribution is 0.0599. The molecule has 1 aliphatic carbocycles. The SMILES string of the molecule is COC(=O)c1cc(S(=O)(=O)NC2CCCCC2CN)ccc1C.Cl. The second kappa shape index (κ2) is 8.80. The molecule has 1 aromatic rings. The van der Waals surface area contributed by atoms with Crippen LogP contribution in [0.1, 0.15) is 41.6 Å². The zero-order chi connectivity index (χ0) is 17.0. The van der Waals surface area contributed by atoms with E-state index in [1.165, 1.54) is 19.2 Å². The first-order valence-corrected chi connectivity index (χ1v) is 9.28. The molecular formula is C16H25ClN2O4S. The molecule has 24 heavy (non-hydrogen) atoms. The number of sulfonamides is 1. The number of hydrogen-bond acceptors (Lipinski definition) is 5. The number of rotatable bonds is 5. The summed E-state index contributed by atoms with van der Waals surface area (Å²) in [6.07, 6.45) is 3.80. The number of carbonyl (C=O) groups excluding carboxylic acids is 1. The number of benzene rings is 1. The molecule has 0 aromatic heterocycles. The second-order valence-electron chi connectivity index (χ2n) is 5.98. The predicted molar refractivity (Wildman–Crippen MR) is 94.9 cm³/mol. The molecule has 2 atom stereocenters. The zero-order valence-corrected chi connectivity index (χ0v) is 15.6. The lowest BCUT2D eigenvalue weighted by Gasteiger charge is -2.31. The van der Waals surface area contributed by atoms with Crippen LogP contribution in [0.15, 0.2) is 23.1 Å². The van der Waals surface area contributed by atoms with Gasteiger partial charge in [-0.25, -0.2) is 17.9 Å². The minimum Gasteiger partial charge on any atom is -0.465 e. The van der Waals surface area contributed by atoms with Gasteiger partial charge in [0.15, 0.2) is 0 Å². The van der Waals surface area contributed by atoms with Gasteiger partial charge in [-0.05, 0) is 49.9 Å². The molecule has 8 heteroatoms. The number of halogens is 1. The highest BCUT2D eigenvalue weighted by Crippen LogP contribution is 2.25. The van der Waals surface area contributed by atoms with Crippen LogP contribution in [-0.2, 0) is 14.8 Å². The van der Waals surface area contributed by atoms with Crippen LogP contribution in [0.4, 0.5) is 0 Å². The Balaban J connectivity index is 0.00000288. The highest BCUT2D eigenvalue weighted by Gasteiger charge is 2.29. The molecule has 1 aromatic carbocycles. The molecule has 1 aliphatic rings. The van der Waals surface area contributed by atoms with E-state index in [-0.39, 0.29) is 34.8 Å². The van der Waals surface area contributed by atoms with Crippen LogP contribution in [0.2, 0.25) is 0 Å². The van der Waals surface area contributed by atoms with Crippen LogP contribution in [0, 0.1) is 12.8 Å². The summed E-state index contributed by atoms with van der Waals surface area (Å²) in [4.78, 5) is 11.8. The molecule has 0 heterocycles. The number of ether oxygens (including phenoxy) is 1. The Bertz CT molecular complexity index is 679. The average Bonchev–Trinajstić information content (AvgIpc) is 2.54. The average molecular weight is 377 g/mol. The first-order valence-electron chi connectivity index (χ1n) is 7.80. The van der Waals surface area contributed by atoms with Gasteiger partial charge in [-0.3, -0.25) is 0 Å². The summed E-state index contributed by atoms with van der Waals surface area (Å²) in [7, 11) is -2.42. The fraction of sp³-hybridized carbons (Fsp3) is 0.562. The lowest BCUT2D eigenvalue weighted by Crippen LogP contribution is -2.44. The van der Waals surface area contributed by atoms with Gasteiger partial charge in [0.1, 0.15) is 0 Å². The van der Waals surface area contributed by atoms with Gasteiger partial charge in [-0.2, -0.15) is 0 Å². The third kappa shape index (κ3) is 4.69. The van der Waals surface area contributed by atoms with Crippen molar-refractivity contribution in [3.63, 3.8) is 0 Å². The maximum absolute atomic E-state index is 12.6.